The Labute approximate surface area is 227 Å². The fourth-order valence-corrected chi connectivity index (χ4v) is 5.53. The van der Waals surface area contributed by atoms with E-state index in [0.717, 1.165) is 42.4 Å². The first-order chi connectivity index (χ1) is 19.1. The summed E-state index contributed by atoms with van der Waals surface area (Å²) in [6, 6.07) is 17.9. The summed E-state index contributed by atoms with van der Waals surface area (Å²) in [5.74, 6) is 2.12. The highest BCUT2D eigenvalue weighted by Gasteiger charge is 2.38. The van der Waals surface area contributed by atoms with Crippen LogP contribution in [0.3, 0.4) is 0 Å². The molecular formula is C31H32N2O6. The minimum atomic E-state index is -0.789. The lowest BCUT2D eigenvalue weighted by atomic mass is 9.98. The van der Waals surface area contributed by atoms with E-state index in [1.807, 2.05) is 49.4 Å². The van der Waals surface area contributed by atoms with Crippen molar-refractivity contribution in [3.63, 3.8) is 0 Å². The van der Waals surface area contributed by atoms with Gasteiger partial charge in [-0.05, 0) is 61.2 Å². The fourth-order valence-electron chi connectivity index (χ4n) is 5.53. The Kier molecular flexibility index (Phi) is 7.00. The predicted octanol–water partition coefficient (Wildman–Crippen LogP) is 4.94. The van der Waals surface area contributed by atoms with Crippen molar-refractivity contribution in [2.75, 3.05) is 20.0 Å². The molecule has 0 spiro atoms. The quantitative estimate of drug-likeness (QED) is 0.468. The largest absolute Gasteiger partial charge is 0.486 e. The summed E-state index contributed by atoms with van der Waals surface area (Å²) >= 11 is 0. The molecule has 8 nitrogen and oxygen atoms in total. The smallest absolute Gasteiger partial charge is 0.255 e. The molecular weight excluding hydrogens is 496 g/mol. The average molecular weight is 529 g/mol. The summed E-state index contributed by atoms with van der Waals surface area (Å²) < 4.78 is 22.3. The van der Waals surface area contributed by atoms with Crippen LogP contribution < -0.4 is 24.3 Å². The molecule has 1 aliphatic carbocycles. The van der Waals surface area contributed by atoms with Gasteiger partial charge in [0, 0.05) is 18.2 Å². The third-order valence-electron chi connectivity index (χ3n) is 7.57. The van der Waals surface area contributed by atoms with Gasteiger partial charge in [-0.1, -0.05) is 48.7 Å². The van der Waals surface area contributed by atoms with Crippen molar-refractivity contribution in [3.05, 3.63) is 82.9 Å². The van der Waals surface area contributed by atoms with Gasteiger partial charge in [-0.2, -0.15) is 0 Å². The van der Waals surface area contributed by atoms with E-state index in [4.69, 9.17) is 18.9 Å². The number of amides is 2. The number of nitrogens with one attached hydrogen (secondary N) is 1. The number of fused-ring (bicyclic) bond motifs is 2. The van der Waals surface area contributed by atoms with Gasteiger partial charge < -0.3 is 29.2 Å². The van der Waals surface area contributed by atoms with Crippen molar-refractivity contribution in [2.45, 2.75) is 51.2 Å². The van der Waals surface area contributed by atoms with Gasteiger partial charge in [0.2, 0.25) is 12.7 Å². The van der Waals surface area contributed by atoms with E-state index >= 15 is 0 Å². The average Bonchev–Trinajstić information content (AvgIpc) is 3.67. The zero-order valence-electron chi connectivity index (χ0n) is 22.0. The summed E-state index contributed by atoms with van der Waals surface area (Å²) in [6.45, 7) is 3.42. The number of benzene rings is 3. The molecule has 0 unspecified atom stereocenters. The minimum Gasteiger partial charge on any atom is -0.486 e. The molecule has 3 aliphatic rings. The van der Waals surface area contributed by atoms with Crippen LogP contribution in [0.1, 0.15) is 58.8 Å². The zero-order chi connectivity index (χ0) is 26.8. The van der Waals surface area contributed by atoms with Gasteiger partial charge in [0.15, 0.2) is 23.0 Å². The Bertz CT molecular complexity index is 1370. The van der Waals surface area contributed by atoms with E-state index in [1.54, 1.807) is 23.1 Å². The number of aryl methyl sites for hydroxylation is 1. The highest BCUT2D eigenvalue weighted by molar-refractivity contribution is 5.98. The van der Waals surface area contributed by atoms with Crippen LogP contribution in [0.25, 0.3) is 0 Å². The Morgan fingerprint density at radius 2 is 1.51 bits per heavy atom. The molecule has 8 heteroatoms. The van der Waals surface area contributed by atoms with Gasteiger partial charge in [0.05, 0.1) is 0 Å². The molecule has 6 rings (SSSR count). The summed E-state index contributed by atoms with van der Waals surface area (Å²) in [7, 11) is 0. The van der Waals surface area contributed by atoms with Gasteiger partial charge in [0.25, 0.3) is 5.91 Å². The normalized spacial score (nSPS) is 16.5. The van der Waals surface area contributed by atoms with Crippen molar-refractivity contribution >= 4 is 11.8 Å². The second-order valence-corrected chi connectivity index (χ2v) is 10.2. The number of rotatable bonds is 7. The third kappa shape index (κ3) is 5.24. The van der Waals surface area contributed by atoms with Gasteiger partial charge in [-0.3, -0.25) is 9.59 Å². The predicted molar refractivity (Wildman–Crippen MR) is 144 cm³/mol. The molecule has 2 heterocycles. The lowest BCUT2D eigenvalue weighted by molar-refractivity contribution is -0.126. The van der Waals surface area contributed by atoms with Gasteiger partial charge in [-0.25, -0.2) is 0 Å². The second kappa shape index (κ2) is 10.9. The highest BCUT2D eigenvalue weighted by atomic mass is 16.7. The maximum atomic E-state index is 14.2. The van der Waals surface area contributed by atoms with E-state index in [0.29, 0.717) is 48.3 Å². The zero-order valence-corrected chi connectivity index (χ0v) is 22.0. The number of carbonyl (C=O) groups excluding carboxylic acids is 2. The molecule has 1 saturated carbocycles. The molecule has 1 fully saturated rings. The molecule has 1 N–H and O–H groups in total. The first-order valence-corrected chi connectivity index (χ1v) is 13.5. The van der Waals surface area contributed by atoms with Gasteiger partial charge in [-0.15, -0.1) is 0 Å². The van der Waals surface area contributed by atoms with E-state index in [2.05, 4.69) is 5.32 Å². The lowest BCUT2D eigenvalue weighted by Gasteiger charge is -2.36. The Balaban J connectivity index is 1.33. The molecule has 2 amide bonds. The summed E-state index contributed by atoms with van der Waals surface area (Å²) in [4.78, 5) is 30.0. The molecule has 3 aromatic rings. The van der Waals surface area contributed by atoms with Crippen molar-refractivity contribution < 1.29 is 28.5 Å². The first-order valence-electron chi connectivity index (χ1n) is 13.5. The van der Waals surface area contributed by atoms with Crippen LogP contribution in [0, 0.1) is 6.92 Å². The Hall–Kier alpha value is -4.20. The standard InChI is InChI=1S/C31H32N2O6/c1-20-6-9-22(10-7-20)29(30(34)32-18-21-8-12-26-27(16-21)39-19-38-26)33(24-4-2-3-5-24)31(35)23-11-13-25-28(17-23)37-15-14-36-25/h6-13,16-17,24,29H,2-5,14-15,18-19H2,1H3,(H,32,34)/t29-/m0/s1. The van der Waals surface area contributed by atoms with Crippen LogP contribution in [0.15, 0.2) is 60.7 Å². The summed E-state index contributed by atoms with van der Waals surface area (Å²) in [5.41, 5.74) is 3.23. The van der Waals surface area contributed by atoms with E-state index in [9.17, 15) is 9.59 Å². The summed E-state index contributed by atoms with van der Waals surface area (Å²) in [5, 5.41) is 3.09. The molecule has 39 heavy (non-hydrogen) atoms. The van der Waals surface area contributed by atoms with E-state index in [1.165, 1.54) is 0 Å². The SMILES string of the molecule is Cc1ccc([C@@H](C(=O)NCc2ccc3c(c2)OCO3)N(C(=O)c2ccc3c(c2)OCCO3)C2CCCC2)cc1. The van der Waals surface area contributed by atoms with Crippen molar-refractivity contribution in [3.8, 4) is 23.0 Å². The van der Waals surface area contributed by atoms with Crippen molar-refractivity contribution in [2.24, 2.45) is 0 Å². The maximum Gasteiger partial charge on any atom is 0.255 e. The topological polar surface area (TPSA) is 86.3 Å². The lowest BCUT2D eigenvalue weighted by Crippen LogP contribution is -2.48. The first kappa shape index (κ1) is 25.1. The number of carbonyl (C=O) groups is 2. The number of nitrogens with zero attached hydrogens (tertiary/aromatic N) is 1. The molecule has 202 valence electrons. The van der Waals surface area contributed by atoms with Crippen molar-refractivity contribution in [1.82, 2.24) is 10.2 Å². The van der Waals surface area contributed by atoms with Crippen LogP contribution in [0.4, 0.5) is 0 Å². The highest BCUT2D eigenvalue weighted by Crippen LogP contribution is 2.36. The molecule has 0 aromatic heterocycles. The van der Waals surface area contributed by atoms with Gasteiger partial charge >= 0.3 is 0 Å². The molecule has 1 atom stereocenters. The maximum absolute atomic E-state index is 14.2. The molecule has 3 aromatic carbocycles. The number of hydrogen-bond acceptors (Lipinski definition) is 6. The molecule has 2 aliphatic heterocycles. The minimum absolute atomic E-state index is 0.0479. The molecule has 0 bridgehead atoms. The molecule has 0 radical (unpaired) electrons. The van der Waals surface area contributed by atoms with Crippen LogP contribution in [-0.4, -0.2) is 42.8 Å². The fraction of sp³-hybridized carbons (Fsp3) is 0.355. The Morgan fingerprint density at radius 3 is 2.31 bits per heavy atom. The molecule has 0 saturated heterocycles. The third-order valence-corrected chi connectivity index (χ3v) is 7.57. The van der Waals surface area contributed by atoms with Crippen molar-refractivity contribution in [1.29, 1.82) is 0 Å². The number of ether oxygens (including phenoxy) is 4. The van der Waals surface area contributed by atoms with Crippen LogP contribution in [0.2, 0.25) is 0 Å². The van der Waals surface area contributed by atoms with E-state index in [-0.39, 0.29) is 24.6 Å². The van der Waals surface area contributed by atoms with Crippen LogP contribution in [-0.2, 0) is 11.3 Å². The monoisotopic (exact) mass is 528 g/mol. The summed E-state index contributed by atoms with van der Waals surface area (Å²) in [6.07, 6.45) is 3.76. The number of hydrogen-bond donors (Lipinski definition) is 1. The second-order valence-electron chi connectivity index (χ2n) is 10.2. The van der Waals surface area contributed by atoms with E-state index < -0.39 is 6.04 Å². The van der Waals surface area contributed by atoms with Crippen LogP contribution >= 0.6 is 0 Å². The van der Waals surface area contributed by atoms with Crippen LogP contribution in [0.5, 0.6) is 23.0 Å². The van der Waals surface area contributed by atoms with Gasteiger partial charge in [0.1, 0.15) is 19.3 Å². The Morgan fingerprint density at radius 1 is 0.846 bits per heavy atom.